The van der Waals surface area contributed by atoms with Crippen LogP contribution in [0.1, 0.15) is 29.5 Å². The molecule has 0 unspecified atom stereocenters. The van der Waals surface area contributed by atoms with Gasteiger partial charge in [-0.15, -0.1) is 22.7 Å². The van der Waals surface area contributed by atoms with Crippen molar-refractivity contribution in [1.82, 2.24) is 29.9 Å². The van der Waals surface area contributed by atoms with E-state index in [9.17, 15) is 19.5 Å². The fourth-order valence-electron chi connectivity index (χ4n) is 2.38. The van der Waals surface area contributed by atoms with Crippen molar-refractivity contribution in [2.24, 2.45) is 11.5 Å². The fourth-order valence-corrected chi connectivity index (χ4v) is 3.75. The molecule has 0 aliphatic carbocycles. The van der Waals surface area contributed by atoms with E-state index in [1.165, 1.54) is 34.9 Å². The first-order valence-electron chi connectivity index (χ1n) is 12.6. The van der Waals surface area contributed by atoms with Gasteiger partial charge in [-0.3, -0.25) is 19.6 Å². The second-order valence-electron chi connectivity index (χ2n) is 7.31. The van der Waals surface area contributed by atoms with Crippen LogP contribution in [-0.4, -0.2) is 73.0 Å². The van der Waals surface area contributed by atoms with Crippen LogP contribution in [0.4, 0.5) is 5.69 Å². The van der Waals surface area contributed by atoms with Crippen molar-refractivity contribution in [3.05, 3.63) is 86.3 Å². The van der Waals surface area contributed by atoms with Crippen LogP contribution in [-0.2, 0) is 31.7 Å². The van der Waals surface area contributed by atoms with Gasteiger partial charge in [-0.2, -0.15) is 0 Å². The SMILES string of the molecule is NC(N)=S.O=Cc1ncc[nH]1.[C-]#[N+]/C(=C\c1nccs1)C(=O)OCC.[C-]#[N+]CC(=O)OCC.[C-]#[N+]c1c([O-])nc([S-])nc1-c1nccs1.[K+].[K+]. The van der Waals surface area contributed by atoms with E-state index in [0.717, 1.165) is 0 Å². The number of carbonyl (C=O) groups is 3. The average molecular weight is 806 g/mol. The number of imidazole rings is 1. The Morgan fingerprint density at radius 3 is 2.08 bits per heavy atom. The number of rotatable bonds is 7. The zero-order valence-corrected chi connectivity index (χ0v) is 36.6. The summed E-state index contributed by atoms with van der Waals surface area (Å²) in [6.45, 7) is 23.8. The van der Waals surface area contributed by atoms with Gasteiger partial charge in [0.05, 0.1) is 26.4 Å². The van der Waals surface area contributed by atoms with Gasteiger partial charge in [-0.25, -0.2) is 36.0 Å². The zero-order chi connectivity index (χ0) is 36.3. The summed E-state index contributed by atoms with van der Waals surface area (Å²) < 4.78 is 9.13. The molecular formula is C27H25K2N11O6S4. The molecule has 17 nitrogen and oxygen atoms in total. The van der Waals surface area contributed by atoms with E-state index < -0.39 is 17.8 Å². The second kappa shape index (κ2) is 32.3. The summed E-state index contributed by atoms with van der Waals surface area (Å²) in [7, 11) is 0. The summed E-state index contributed by atoms with van der Waals surface area (Å²) in [4.78, 5) is 61.6. The molecule has 4 aromatic heterocycles. The molecule has 4 aromatic rings. The van der Waals surface area contributed by atoms with E-state index in [4.69, 9.17) is 37.1 Å². The first kappa shape index (κ1) is 51.7. The summed E-state index contributed by atoms with van der Waals surface area (Å²) in [6.07, 6.45) is 8.41. The van der Waals surface area contributed by atoms with Crippen LogP contribution in [0.2, 0.25) is 0 Å². The molecule has 5 N–H and O–H groups in total. The third-order valence-corrected chi connectivity index (χ3v) is 5.72. The number of esters is 2. The number of aromatic nitrogens is 6. The molecule has 0 aromatic carbocycles. The molecule has 0 saturated carbocycles. The van der Waals surface area contributed by atoms with Crippen molar-refractivity contribution in [3.63, 3.8) is 0 Å². The van der Waals surface area contributed by atoms with Gasteiger partial charge in [0.1, 0.15) is 15.7 Å². The number of ether oxygens (including phenoxy) is 2. The summed E-state index contributed by atoms with van der Waals surface area (Å²) in [5, 5.41) is 15.9. The van der Waals surface area contributed by atoms with Crippen LogP contribution in [0.5, 0.6) is 5.88 Å². The van der Waals surface area contributed by atoms with Gasteiger partial charge in [0.2, 0.25) is 5.69 Å². The van der Waals surface area contributed by atoms with Gasteiger partial charge in [0.25, 0.3) is 5.70 Å². The molecule has 0 radical (unpaired) electrons. The van der Waals surface area contributed by atoms with E-state index in [1.807, 2.05) is 0 Å². The van der Waals surface area contributed by atoms with Crippen molar-refractivity contribution in [3.8, 4) is 16.6 Å². The van der Waals surface area contributed by atoms with Crippen LogP contribution in [0, 0.1) is 19.7 Å². The first-order chi connectivity index (χ1) is 23.0. The summed E-state index contributed by atoms with van der Waals surface area (Å²) in [6, 6.07) is 0. The smallest absolute Gasteiger partial charge is 0.867 e. The molecule has 0 spiro atoms. The number of hydrogen-bond acceptors (Lipinski definition) is 15. The third-order valence-electron chi connectivity index (χ3n) is 4.04. The number of aromatic amines is 1. The minimum Gasteiger partial charge on any atom is -0.867 e. The molecule has 0 amide bonds. The van der Waals surface area contributed by atoms with Crippen LogP contribution >= 0.6 is 34.9 Å². The number of aldehydes is 1. The maximum absolute atomic E-state index is 11.3. The molecule has 0 atom stereocenters. The van der Waals surface area contributed by atoms with Gasteiger partial charge >= 0.3 is 121 Å². The first-order valence-corrected chi connectivity index (χ1v) is 15.2. The fraction of sp³-hybridized carbons (Fsp3) is 0.185. The van der Waals surface area contributed by atoms with Gasteiger partial charge in [-0.05, 0) is 38.0 Å². The number of nitrogens with one attached hydrogen (secondary N) is 1. The molecule has 250 valence electrons. The number of nitrogens with zero attached hydrogens (tertiary/aromatic N) is 8. The number of thiocarbonyl (C=S) groups is 1. The molecule has 0 bridgehead atoms. The maximum Gasteiger partial charge on any atom is 1.00 e. The Kier molecular flexibility index (Phi) is 33.4. The second-order valence-corrected chi connectivity index (χ2v) is 9.96. The van der Waals surface area contributed by atoms with Gasteiger partial charge in [0.15, 0.2) is 17.2 Å². The van der Waals surface area contributed by atoms with Crippen molar-refractivity contribution in [1.29, 1.82) is 0 Å². The summed E-state index contributed by atoms with van der Waals surface area (Å²) in [5.41, 5.74) is 9.30. The largest absolute Gasteiger partial charge is 1.00 e. The van der Waals surface area contributed by atoms with E-state index in [-0.39, 0.29) is 143 Å². The van der Waals surface area contributed by atoms with Crippen molar-refractivity contribution in [2.75, 3.05) is 19.8 Å². The number of thiazole rings is 2. The third kappa shape index (κ3) is 23.7. The molecule has 0 fully saturated rings. The monoisotopic (exact) mass is 805 g/mol. The van der Waals surface area contributed by atoms with E-state index in [0.29, 0.717) is 28.7 Å². The van der Waals surface area contributed by atoms with Gasteiger partial charge in [0, 0.05) is 40.7 Å². The quantitative estimate of drug-likeness (QED) is 0.0247. The Morgan fingerprint density at radius 2 is 1.66 bits per heavy atom. The van der Waals surface area contributed by atoms with E-state index >= 15 is 0 Å². The standard InChI is InChI=1S/C9H8N2O2S.C8H4N4OS2.C5H7NO2.C4H4N2O.CH4N2S.2K/c1-3-13-9(12)7(10-2)6-8-11-4-5-14-8;1-9-4-5(7-10-2-3-15-7)11-8(14)12-6(4)13;1-3-8-5(7)4-6-2;7-3-4-5-1-2-6-4;2-1(3)4;;/h4-6H,3H2,1H3;2-3H,(H2,11,12,13,14);3-4H2,1H3;1-3H,(H,5,6);(H4,2,3,4);;/q;;;;;2*+1/p-2/b7-6-;;;;;;. The Balaban J connectivity index is -0.000000583. The summed E-state index contributed by atoms with van der Waals surface area (Å²) in [5.74, 6) is -1.31. The van der Waals surface area contributed by atoms with Crippen LogP contribution in [0.25, 0.3) is 31.3 Å². The predicted molar refractivity (Wildman–Crippen MR) is 181 cm³/mol. The topological polar surface area (TPSA) is 238 Å². The molecule has 4 heterocycles. The minimum atomic E-state index is -0.643. The van der Waals surface area contributed by atoms with E-state index in [2.05, 4.69) is 72.9 Å². The molecular weight excluding hydrogens is 781 g/mol. The normalized spacial score (nSPS) is 8.82. The number of H-pyrrole nitrogens is 1. The minimum absolute atomic E-state index is 0. The Labute approximate surface area is 391 Å². The van der Waals surface area contributed by atoms with Crippen molar-refractivity contribution in [2.45, 2.75) is 19.0 Å². The maximum atomic E-state index is 11.3. The molecule has 0 aliphatic rings. The Morgan fingerprint density at radius 1 is 1.04 bits per heavy atom. The molecule has 23 heteroatoms. The predicted octanol–water partition coefficient (Wildman–Crippen LogP) is -3.02. The van der Waals surface area contributed by atoms with Gasteiger partial charge in [-0.1, -0.05) is 0 Å². The molecule has 4 rings (SSSR count). The van der Waals surface area contributed by atoms with Crippen LogP contribution in [0.3, 0.4) is 0 Å². The molecule has 0 saturated heterocycles. The zero-order valence-electron chi connectivity index (χ0n) is 27.1. The Bertz CT molecular complexity index is 1730. The Hall–Kier alpha value is -2.65. The number of nitrogens with two attached hydrogens (primary N) is 2. The van der Waals surface area contributed by atoms with Crippen LogP contribution in [0.15, 0.2) is 46.4 Å². The van der Waals surface area contributed by atoms with Crippen LogP contribution < -0.4 is 119 Å². The number of hydrogen-bond donors (Lipinski definition) is 3. The molecule has 0 aliphatic heterocycles. The average Bonchev–Trinajstić information content (AvgIpc) is 3.85. The van der Waals surface area contributed by atoms with E-state index in [1.54, 1.807) is 43.2 Å². The molecule has 50 heavy (non-hydrogen) atoms. The number of carbonyl (C=O) groups excluding carboxylic acids is 3. The van der Waals surface area contributed by atoms with Gasteiger partial charge < -0.3 is 48.5 Å². The van der Waals surface area contributed by atoms with Crippen molar-refractivity contribution >= 4 is 82.6 Å². The summed E-state index contributed by atoms with van der Waals surface area (Å²) >= 11 is 11.5. The van der Waals surface area contributed by atoms with Crippen molar-refractivity contribution < 1.29 is 132 Å².